The molecule has 0 fully saturated rings. The predicted octanol–water partition coefficient (Wildman–Crippen LogP) is 5.85. The molecule has 1 aromatic carbocycles. The number of aromatic nitrogens is 3. The molecule has 0 atom stereocenters. The maximum atomic E-state index is 5.54. The summed E-state index contributed by atoms with van der Waals surface area (Å²) in [7, 11) is 4.10. The van der Waals surface area contributed by atoms with E-state index in [0.717, 1.165) is 65.5 Å². The topological polar surface area (TPSA) is 51.1 Å². The lowest BCUT2D eigenvalue weighted by Gasteiger charge is -2.11. The molecule has 5 nitrogen and oxygen atoms in total. The second kappa shape index (κ2) is 9.98. The zero-order chi connectivity index (χ0) is 21.6. The number of hydrogen-bond donors (Lipinski definition) is 0. The normalized spacial score (nSPS) is 11.2. The van der Waals surface area contributed by atoms with E-state index in [2.05, 4.69) is 72.3 Å². The van der Waals surface area contributed by atoms with Crippen LogP contribution in [-0.2, 0) is 11.2 Å². The SMILES string of the molecule is CCCOCCCc1ccc(-c2ccc(-c3nc4ccc(N(C)C)cc4s3)cn2)cn1. The summed E-state index contributed by atoms with van der Waals surface area (Å²) in [5.41, 5.74) is 6.28. The monoisotopic (exact) mass is 432 g/mol. The first kappa shape index (κ1) is 21.4. The Morgan fingerprint density at radius 3 is 2.48 bits per heavy atom. The fourth-order valence-electron chi connectivity index (χ4n) is 3.33. The van der Waals surface area contributed by atoms with E-state index < -0.39 is 0 Å². The molecule has 0 spiro atoms. The number of aryl methyl sites for hydroxylation is 1. The molecular formula is C25H28N4OS. The van der Waals surface area contributed by atoms with Gasteiger partial charge in [-0.1, -0.05) is 6.92 Å². The molecule has 0 aliphatic carbocycles. The van der Waals surface area contributed by atoms with Crippen LogP contribution in [0, 0.1) is 0 Å². The number of ether oxygens (including phenoxy) is 1. The molecule has 0 N–H and O–H groups in total. The summed E-state index contributed by atoms with van der Waals surface area (Å²) >= 11 is 1.70. The van der Waals surface area contributed by atoms with E-state index in [-0.39, 0.29) is 0 Å². The summed E-state index contributed by atoms with van der Waals surface area (Å²) in [6.45, 7) is 3.76. The predicted molar refractivity (Wildman–Crippen MR) is 130 cm³/mol. The molecule has 0 radical (unpaired) electrons. The first-order valence-electron chi connectivity index (χ1n) is 10.7. The van der Waals surface area contributed by atoms with Gasteiger partial charge in [0.1, 0.15) is 5.01 Å². The van der Waals surface area contributed by atoms with Crippen molar-refractivity contribution in [3.8, 4) is 21.8 Å². The summed E-state index contributed by atoms with van der Waals surface area (Å²) in [5, 5.41) is 0.990. The summed E-state index contributed by atoms with van der Waals surface area (Å²) in [4.78, 5) is 16.1. The summed E-state index contributed by atoms with van der Waals surface area (Å²) < 4.78 is 6.72. The number of benzene rings is 1. The van der Waals surface area contributed by atoms with Gasteiger partial charge in [0.25, 0.3) is 0 Å². The smallest absolute Gasteiger partial charge is 0.126 e. The Morgan fingerprint density at radius 2 is 1.77 bits per heavy atom. The van der Waals surface area contributed by atoms with E-state index in [9.17, 15) is 0 Å². The first-order chi connectivity index (χ1) is 15.1. The van der Waals surface area contributed by atoms with Crippen molar-refractivity contribution in [3.63, 3.8) is 0 Å². The van der Waals surface area contributed by atoms with E-state index in [4.69, 9.17) is 9.72 Å². The lowest BCUT2D eigenvalue weighted by molar-refractivity contribution is 0.132. The van der Waals surface area contributed by atoms with Crippen molar-refractivity contribution in [1.82, 2.24) is 15.0 Å². The van der Waals surface area contributed by atoms with E-state index in [1.165, 1.54) is 10.4 Å². The van der Waals surface area contributed by atoms with Crippen molar-refractivity contribution in [2.24, 2.45) is 0 Å². The quantitative estimate of drug-likeness (QED) is 0.311. The van der Waals surface area contributed by atoms with Crippen LogP contribution in [0.4, 0.5) is 5.69 Å². The minimum atomic E-state index is 0.794. The van der Waals surface area contributed by atoms with Gasteiger partial charge in [-0.05, 0) is 61.7 Å². The summed E-state index contributed by atoms with van der Waals surface area (Å²) in [6, 6.07) is 14.7. The van der Waals surface area contributed by atoms with Gasteiger partial charge in [-0.15, -0.1) is 11.3 Å². The van der Waals surface area contributed by atoms with Gasteiger partial charge in [-0.3, -0.25) is 9.97 Å². The van der Waals surface area contributed by atoms with E-state index in [1.807, 2.05) is 18.5 Å². The lowest BCUT2D eigenvalue weighted by Crippen LogP contribution is -2.07. The molecule has 160 valence electrons. The maximum Gasteiger partial charge on any atom is 0.126 e. The van der Waals surface area contributed by atoms with Gasteiger partial charge < -0.3 is 9.64 Å². The van der Waals surface area contributed by atoms with Crippen LogP contribution >= 0.6 is 11.3 Å². The van der Waals surface area contributed by atoms with Crippen molar-refractivity contribution in [2.75, 3.05) is 32.2 Å². The van der Waals surface area contributed by atoms with Crippen molar-refractivity contribution < 1.29 is 4.74 Å². The third-order valence-corrected chi connectivity index (χ3v) is 6.16. The average molecular weight is 433 g/mol. The largest absolute Gasteiger partial charge is 0.381 e. The standard InChI is InChI=1S/C25H28N4OS/c1-4-13-30-14-5-6-20-9-7-18(16-26-20)22-11-8-19(17-27-22)25-28-23-12-10-21(29(2)3)15-24(23)31-25/h7-12,15-17H,4-6,13-14H2,1-3H3. The van der Waals surface area contributed by atoms with Gasteiger partial charge in [-0.25, -0.2) is 4.98 Å². The van der Waals surface area contributed by atoms with Gasteiger partial charge in [0.2, 0.25) is 0 Å². The Kier molecular flexibility index (Phi) is 6.89. The van der Waals surface area contributed by atoms with Crippen LogP contribution < -0.4 is 4.90 Å². The lowest BCUT2D eigenvalue weighted by atomic mass is 10.1. The average Bonchev–Trinajstić information content (AvgIpc) is 3.23. The van der Waals surface area contributed by atoms with Crippen LogP contribution in [0.15, 0.2) is 54.9 Å². The number of rotatable bonds is 9. The first-order valence-corrected chi connectivity index (χ1v) is 11.5. The third-order valence-electron chi connectivity index (χ3n) is 5.09. The second-order valence-corrected chi connectivity index (χ2v) is 8.78. The van der Waals surface area contributed by atoms with Crippen LogP contribution in [0.2, 0.25) is 0 Å². The van der Waals surface area contributed by atoms with Crippen LogP contribution in [0.25, 0.3) is 32.0 Å². The molecule has 31 heavy (non-hydrogen) atoms. The molecule has 4 aromatic rings. The van der Waals surface area contributed by atoms with Gasteiger partial charge in [0.15, 0.2) is 0 Å². The van der Waals surface area contributed by atoms with Crippen molar-refractivity contribution >= 4 is 27.2 Å². The van der Waals surface area contributed by atoms with E-state index in [1.54, 1.807) is 11.3 Å². The Bertz CT molecular complexity index is 1120. The molecule has 0 aliphatic heterocycles. The molecule has 4 rings (SSSR count). The zero-order valence-electron chi connectivity index (χ0n) is 18.3. The van der Waals surface area contributed by atoms with Crippen molar-refractivity contribution in [2.45, 2.75) is 26.2 Å². The van der Waals surface area contributed by atoms with Gasteiger partial charge in [-0.2, -0.15) is 0 Å². The fraction of sp³-hybridized carbons (Fsp3) is 0.320. The molecule has 0 amide bonds. The second-order valence-electron chi connectivity index (χ2n) is 7.75. The van der Waals surface area contributed by atoms with Gasteiger partial charge in [0.05, 0.1) is 15.9 Å². The Balaban J connectivity index is 1.44. The number of anilines is 1. The molecule has 0 bridgehead atoms. The van der Waals surface area contributed by atoms with Crippen LogP contribution in [0.3, 0.4) is 0 Å². The Morgan fingerprint density at radius 1 is 0.935 bits per heavy atom. The van der Waals surface area contributed by atoms with E-state index in [0.29, 0.717) is 0 Å². The molecule has 0 aliphatic rings. The van der Waals surface area contributed by atoms with Crippen LogP contribution in [-0.4, -0.2) is 42.3 Å². The molecule has 0 saturated carbocycles. The zero-order valence-corrected chi connectivity index (χ0v) is 19.2. The minimum absolute atomic E-state index is 0.794. The number of fused-ring (bicyclic) bond motifs is 1. The highest BCUT2D eigenvalue weighted by molar-refractivity contribution is 7.21. The summed E-state index contributed by atoms with van der Waals surface area (Å²) in [5.74, 6) is 0. The highest BCUT2D eigenvalue weighted by Crippen LogP contribution is 2.32. The van der Waals surface area contributed by atoms with Crippen molar-refractivity contribution in [1.29, 1.82) is 0 Å². The molecule has 3 aromatic heterocycles. The maximum absolute atomic E-state index is 5.54. The van der Waals surface area contributed by atoms with Gasteiger partial charge in [0, 0.05) is 62.2 Å². The molecule has 3 heterocycles. The number of pyridine rings is 2. The van der Waals surface area contributed by atoms with Crippen molar-refractivity contribution in [3.05, 3.63) is 60.6 Å². The van der Waals surface area contributed by atoms with Crippen LogP contribution in [0.5, 0.6) is 0 Å². The number of thiazole rings is 1. The third kappa shape index (κ3) is 5.27. The Labute approximate surface area is 187 Å². The summed E-state index contributed by atoms with van der Waals surface area (Å²) in [6.07, 6.45) is 6.81. The van der Waals surface area contributed by atoms with Gasteiger partial charge >= 0.3 is 0 Å². The van der Waals surface area contributed by atoms with Crippen LogP contribution in [0.1, 0.15) is 25.5 Å². The molecule has 0 saturated heterocycles. The fourth-order valence-corrected chi connectivity index (χ4v) is 4.32. The number of nitrogens with zero attached hydrogens (tertiary/aromatic N) is 4. The Hall–Kier alpha value is -2.83. The molecule has 0 unspecified atom stereocenters. The highest BCUT2D eigenvalue weighted by atomic mass is 32.1. The molecule has 6 heteroatoms. The van der Waals surface area contributed by atoms with E-state index >= 15 is 0 Å². The number of hydrogen-bond acceptors (Lipinski definition) is 6. The minimum Gasteiger partial charge on any atom is -0.381 e. The highest BCUT2D eigenvalue weighted by Gasteiger charge is 2.09. The molecular weight excluding hydrogens is 404 g/mol.